The fraction of sp³-hybridized carbons (Fsp3) is 0. The molecule has 1 heterocycles. The van der Waals surface area contributed by atoms with Crippen molar-refractivity contribution >= 4 is 11.0 Å². The molecule has 0 aliphatic carbocycles. The Hall–Kier alpha value is -2.55. The van der Waals surface area contributed by atoms with Crippen molar-refractivity contribution in [2.24, 2.45) is 0 Å². The smallest absolute Gasteiger partial charge is 0.200 e. The van der Waals surface area contributed by atoms with Crippen LogP contribution in [0.25, 0.3) is 22.1 Å². The van der Waals surface area contributed by atoms with Crippen LogP contribution in [0.1, 0.15) is 0 Å². The van der Waals surface area contributed by atoms with Crippen LogP contribution in [-0.4, -0.2) is 5.11 Å². The minimum absolute atomic E-state index is 0.0239. The molecule has 2 aromatic carbocycles. The summed E-state index contributed by atoms with van der Waals surface area (Å²) < 4.78 is 5.36. The van der Waals surface area contributed by atoms with E-state index in [-0.39, 0.29) is 16.8 Å². The van der Waals surface area contributed by atoms with Gasteiger partial charge in [-0.15, -0.1) is 0 Å². The molecule has 0 aliphatic rings. The van der Waals surface area contributed by atoms with Gasteiger partial charge in [-0.05, 0) is 17.7 Å². The molecule has 1 aromatic heterocycles. The van der Waals surface area contributed by atoms with E-state index in [1.54, 1.807) is 12.1 Å². The summed E-state index contributed by atoms with van der Waals surface area (Å²) >= 11 is 0. The first-order valence-corrected chi connectivity index (χ1v) is 5.56. The maximum atomic E-state index is 12.3. The third-order valence-electron chi connectivity index (χ3n) is 2.86. The second kappa shape index (κ2) is 4.04. The molecule has 3 heteroatoms. The Morgan fingerprint density at radius 2 is 1.72 bits per heavy atom. The lowest BCUT2D eigenvalue weighted by Gasteiger charge is -2.03. The molecule has 0 spiro atoms. The molecule has 0 unspecified atom stereocenters. The summed E-state index contributed by atoms with van der Waals surface area (Å²) in [5.74, 6) is -0.0239. The van der Waals surface area contributed by atoms with Gasteiger partial charge in [0.05, 0.1) is 10.9 Å². The Kier molecular flexibility index (Phi) is 2.38. The second-order valence-electron chi connectivity index (χ2n) is 4.00. The summed E-state index contributed by atoms with van der Waals surface area (Å²) in [4.78, 5) is 12.3. The molecule has 0 bridgehead atoms. The van der Waals surface area contributed by atoms with Crippen LogP contribution in [-0.2, 0) is 0 Å². The minimum atomic E-state index is -0.140. The summed E-state index contributed by atoms with van der Waals surface area (Å²) in [5.41, 5.74) is 1.38. The highest BCUT2D eigenvalue weighted by Crippen LogP contribution is 2.25. The Morgan fingerprint density at radius 1 is 0.944 bits per heavy atom. The monoisotopic (exact) mass is 238 g/mol. The molecule has 1 N–H and O–H groups in total. The third-order valence-corrected chi connectivity index (χ3v) is 2.86. The molecule has 0 amide bonds. The van der Waals surface area contributed by atoms with Crippen molar-refractivity contribution in [1.29, 1.82) is 0 Å². The predicted molar refractivity (Wildman–Crippen MR) is 69.6 cm³/mol. The zero-order valence-corrected chi connectivity index (χ0v) is 9.46. The molecule has 0 saturated carbocycles. The minimum Gasteiger partial charge on any atom is -0.504 e. The van der Waals surface area contributed by atoms with Crippen molar-refractivity contribution in [2.75, 3.05) is 0 Å². The fourth-order valence-electron chi connectivity index (χ4n) is 1.96. The molecule has 0 fully saturated rings. The van der Waals surface area contributed by atoms with Crippen molar-refractivity contribution < 1.29 is 9.52 Å². The molecule has 0 aliphatic heterocycles. The molecular weight excluding hydrogens is 228 g/mol. The van der Waals surface area contributed by atoms with E-state index < -0.39 is 0 Å². The van der Waals surface area contributed by atoms with Gasteiger partial charge in [-0.2, -0.15) is 0 Å². The van der Waals surface area contributed by atoms with E-state index in [4.69, 9.17) is 4.42 Å². The molecule has 3 nitrogen and oxygen atoms in total. The largest absolute Gasteiger partial charge is 0.504 e. The Balaban J connectivity index is 2.35. The normalized spacial score (nSPS) is 10.7. The zero-order chi connectivity index (χ0) is 12.5. The third kappa shape index (κ3) is 1.57. The SMILES string of the molecule is O=c1c(-c2ccccc2)coc2c(O)cccc12. The lowest BCUT2D eigenvalue weighted by Crippen LogP contribution is -2.04. The lowest BCUT2D eigenvalue weighted by atomic mass is 10.1. The van der Waals surface area contributed by atoms with Crippen molar-refractivity contribution in [3.05, 3.63) is 65.0 Å². The first kappa shape index (κ1) is 10.6. The topological polar surface area (TPSA) is 50.4 Å². The average Bonchev–Trinajstić information content (AvgIpc) is 2.41. The van der Waals surface area contributed by atoms with Gasteiger partial charge in [0.2, 0.25) is 5.43 Å². The summed E-state index contributed by atoms with van der Waals surface area (Å²) in [7, 11) is 0. The lowest BCUT2D eigenvalue weighted by molar-refractivity contribution is 0.463. The van der Waals surface area contributed by atoms with Crippen LogP contribution in [0.3, 0.4) is 0 Å². The van der Waals surface area contributed by atoms with E-state index in [0.717, 1.165) is 5.56 Å². The van der Waals surface area contributed by atoms with E-state index in [9.17, 15) is 9.90 Å². The number of phenols is 1. The maximum Gasteiger partial charge on any atom is 0.200 e. The summed E-state index contributed by atoms with van der Waals surface area (Å²) in [5, 5.41) is 10.0. The second-order valence-corrected chi connectivity index (χ2v) is 4.00. The maximum absolute atomic E-state index is 12.3. The number of phenolic OH excluding ortho intramolecular Hbond substituents is 1. The van der Waals surface area contributed by atoms with Gasteiger partial charge >= 0.3 is 0 Å². The van der Waals surface area contributed by atoms with Crippen LogP contribution >= 0.6 is 0 Å². The van der Waals surface area contributed by atoms with Crippen LogP contribution in [0.2, 0.25) is 0 Å². The number of fused-ring (bicyclic) bond motifs is 1. The molecular formula is C15H10O3. The van der Waals surface area contributed by atoms with E-state index in [0.29, 0.717) is 10.9 Å². The van der Waals surface area contributed by atoms with Gasteiger partial charge in [-0.3, -0.25) is 4.79 Å². The predicted octanol–water partition coefficient (Wildman–Crippen LogP) is 3.17. The molecule has 3 aromatic rings. The first-order chi connectivity index (χ1) is 8.77. The van der Waals surface area contributed by atoms with Crippen molar-refractivity contribution in [3.63, 3.8) is 0 Å². The Morgan fingerprint density at radius 3 is 2.50 bits per heavy atom. The molecule has 3 rings (SSSR count). The van der Waals surface area contributed by atoms with Crippen molar-refractivity contribution in [2.45, 2.75) is 0 Å². The number of hydrogen-bond acceptors (Lipinski definition) is 3. The van der Waals surface area contributed by atoms with Crippen LogP contribution in [0.4, 0.5) is 0 Å². The molecule has 18 heavy (non-hydrogen) atoms. The van der Waals surface area contributed by atoms with Crippen LogP contribution in [0, 0.1) is 0 Å². The molecule has 0 radical (unpaired) electrons. The molecule has 0 saturated heterocycles. The summed E-state index contributed by atoms with van der Waals surface area (Å²) in [6.45, 7) is 0. The van der Waals surface area contributed by atoms with Crippen molar-refractivity contribution in [1.82, 2.24) is 0 Å². The highest BCUT2D eigenvalue weighted by atomic mass is 16.3. The van der Waals surface area contributed by atoms with Gasteiger partial charge in [0.15, 0.2) is 11.3 Å². The van der Waals surface area contributed by atoms with Gasteiger partial charge in [0.25, 0.3) is 0 Å². The van der Waals surface area contributed by atoms with Gasteiger partial charge in [-0.25, -0.2) is 0 Å². The van der Waals surface area contributed by atoms with E-state index >= 15 is 0 Å². The average molecular weight is 238 g/mol. The van der Waals surface area contributed by atoms with E-state index in [1.807, 2.05) is 30.3 Å². The number of para-hydroxylation sites is 1. The van der Waals surface area contributed by atoms with E-state index in [2.05, 4.69) is 0 Å². The van der Waals surface area contributed by atoms with Gasteiger partial charge in [0.1, 0.15) is 6.26 Å². The summed E-state index contributed by atoms with van der Waals surface area (Å²) in [6.07, 6.45) is 1.39. The highest BCUT2D eigenvalue weighted by Gasteiger charge is 2.10. The highest BCUT2D eigenvalue weighted by molar-refractivity contribution is 5.85. The molecule has 88 valence electrons. The van der Waals surface area contributed by atoms with Crippen LogP contribution < -0.4 is 5.43 Å². The van der Waals surface area contributed by atoms with Gasteiger partial charge in [0, 0.05) is 0 Å². The Labute approximate surface area is 103 Å². The standard InChI is InChI=1S/C15H10O3/c16-13-8-4-7-11-14(17)12(9-18-15(11)13)10-5-2-1-3-6-10/h1-9,16H. The van der Waals surface area contributed by atoms with E-state index in [1.165, 1.54) is 12.3 Å². The molecule has 0 atom stereocenters. The number of benzene rings is 2. The number of rotatable bonds is 1. The van der Waals surface area contributed by atoms with Crippen LogP contribution in [0.15, 0.2) is 64.0 Å². The quantitative estimate of drug-likeness (QED) is 0.708. The number of hydrogen-bond donors (Lipinski definition) is 1. The zero-order valence-electron chi connectivity index (χ0n) is 9.46. The van der Waals surface area contributed by atoms with Gasteiger partial charge in [-0.1, -0.05) is 36.4 Å². The first-order valence-electron chi connectivity index (χ1n) is 5.56. The Bertz CT molecular complexity index is 758. The fourth-order valence-corrected chi connectivity index (χ4v) is 1.96. The summed E-state index contributed by atoms with van der Waals surface area (Å²) in [6, 6.07) is 14.1. The number of aromatic hydroxyl groups is 1. The van der Waals surface area contributed by atoms with Crippen molar-refractivity contribution in [3.8, 4) is 16.9 Å². The van der Waals surface area contributed by atoms with Crippen LogP contribution in [0.5, 0.6) is 5.75 Å². The van der Waals surface area contributed by atoms with Gasteiger partial charge < -0.3 is 9.52 Å².